The Morgan fingerprint density at radius 3 is 2.67 bits per heavy atom. The molecule has 2 rings (SSSR count). The van der Waals surface area contributed by atoms with Gasteiger partial charge in [-0.25, -0.2) is 4.98 Å². The van der Waals surface area contributed by atoms with Crippen LogP contribution in [0.3, 0.4) is 0 Å². The van der Waals surface area contributed by atoms with Gasteiger partial charge >= 0.3 is 0 Å². The van der Waals surface area contributed by atoms with E-state index in [1.807, 2.05) is 12.1 Å². The molecule has 0 saturated heterocycles. The topological polar surface area (TPSA) is 34.1 Å². The zero-order chi connectivity index (χ0) is 15.2. The Morgan fingerprint density at radius 1 is 1.19 bits per heavy atom. The third kappa shape index (κ3) is 5.20. The van der Waals surface area contributed by atoms with E-state index in [1.54, 1.807) is 24.4 Å². The summed E-state index contributed by atoms with van der Waals surface area (Å²) in [5.74, 6) is 1.62. The number of rotatable bonds is 6. The molecule has 0 aliphatic carbocycles. The molecule has 0 atom stereocenters. The molecule has 0 bridgehead atoms. The Morgan fingerprint density at radius 2 is 2.00 bits per heavy atom. The van der Waals surface area contributed by atoms with Crippen molar-refractivity contribution in [3.05, 3.63) is 52.1 Å². The van der Waals surface area contributed by atoms with Crippen LogP contribution in [-0.4, -0.2) is 11.5 Å². The number of hydrogen-bond acceptors (Lipinski definition) is 3. The minimum Gasteiger partial charge on any atom is -0.437 e. The minimum atomic E-state index is 0.492. The van der Waals surface area contributed by atoms with Gasteiger partial charge in [-0.3, -0.25) is 0 Å². The molecule has 2 aromatic rings. The SMILES string of the molecule is CC(C)CNCc1ccc(Oc2cc(Cl)ccc2Cl)nc1. The van der Waals surface area contributed by atoms with Crippen LogP contribution in [0.1, 0.15) is 19.4 Å². The predicted octanol–water partition coefficient (Wildman–Crippen LogP) is 4.93. The van der Waals surface area contributed by atoms with Crippen molar-refractivity contribution in [2.24, 2.45) is 5.92 Å². The maximum Gasteiger partial charge on any atom is 0.219 e. The third-order valence-corrected chi connectivity index (χ3v) is 3.33. The fourth-order valence-electron chi connectivity index (χ4n) is 1.75. The summed E-state index contributed by atoms with van der Waals surface area (Å²) in [6.07, 6.45) is 1.79. The first-order valence-corrected chi connectivity index (χ1v) is 7.58. The molecule has 0 fully saturated rings. The summed E-state index contributed by atoms with van der Waals surface area (Å²) >= 11 is 12.0. The van der Waals surface area contributed by atoms with Crippen LogP contribution in [-0.2, 0) is 6.54 Å². The van der Waals surface area contributed by atoms with Crippen molar-refractivity contribution in [2.75, 3.05) is 6.54 Å². The smallest absolute Gasteiger partial charge is 0.219 e. The lowest BCUT2D eigenvalue weighted by atomic mass is 10.2. The molecular formula is C16H18Cl2N2O. The van der Waals surface area contributed by atoms with E-state index < -0.39 is 0 Å². The van der Waals surface area contributed by atoms with Crippen LogP contribution in [0, 0.1) is 5.92 Å². The van der Waals surface area contributed by atoms with Crippen molar-refractivity contribution >= 4 is 23.2 Å². The molecule has 1 aromatic heterocycles. The van der Waals surface area contributed by atoms with Gasteiger partial charge in [0.25, 0.3) is 0 Å². The second-order valence-corrected chi connectivity index (χ2v) is 6.05. The van der Waals surface area contributed by atoms with E-state index in [0.29, 0.717) is 27.6 Å². The molecule has 0 saturated carbocycles. The number of nitrogens with one attached hydrogen (secondary N) is 1. The molecule has 0 spiro atoms. The number of aromatic nitrogens is 1. The first-order valence-electron chi connectivity index (χ1n) is 6.83. The molecule has 0 aliphatic heterocycles. The number of ether oxygens (including phenoxy) is 1. The molecule has 0 aliphatic rings. The quantitative estimate of drug-likeness (QED) is 0.818. The van der Waals surface area contributed by atoms with Crippen molar-refractivity contribution in [3.63, 3.8) is 0 Å². The van der Waals surface area contributed by atoms with E-state index in [2.05, 4.69) is 24.1 Å². The van der Waals surface area contributed by atoms with E-state index in [-0.39, 0.29) is 0 Å². The van der Waals surface area contributed by atoms with Gasteiger partial charge in [0.2, 0.25) is 5.88 Å². The Bertz CT molecular complexity index is 585. The second kappa shape index (κ2) is 7.64. The van der Waals surface area contributed by atoms with Gasteiger partial charge in [-0.05, 0) is 30.2 Å². The Labute approximate surface area is 135 Å². The normalized spacial score (nSPS) is 10.9. The standard InChI is InChI=1S/C16H18Cl2N2O/c1-11(2)8-19-9-12-3-6-16(20-10-12)21-15-7-13(17)4-5-14(15)18/h3-7,10-11,19H,8-9H2,1-2H3. The Kier molecular flexibility index (Phi) is 5.85. The maximum absolute atomic E-state index is 6.05. The molecule has 5 heteroatoms. The molecule has 0 unspecified atom stereocenters. The first-order chi connectivity index (χ1) is 10.0. The lowest BCUT2D eigenvalue weighted by Gasteiger charge is -2.09. The Balaban J connectivity index is 1.97. The van der Waals surface area contributed by atoms with Gasteiger partial charge in [-0.2, -0.15) is 0 Å². The highest BCUT2D eigenvalue weighted by Gasteiger charge is 2.05. The highest BCUT2D eigenvalue weighted by molar-refractivity contribution is 6.34. The van der Waals surface area contributed by atoms with Crippen LogP contribution < -0.4 is 10.1 Å². The summed E-state index contributed by atoms with van der Waals surface area (Å²) in [5, 5.41) is 4.44. The average Bonchev–Trinajstić information content (AvgIpc) is 2.44. The van der Waals surface area contributed by atoms with Crippen molar-refractivity contribution in [1.82, 2.24) is 10.3 Å². The van der Waals surface area contributed by atoms with Crippen LogP contribution in [0.2, 0.25) is 10.0 Å². The van der Waals surface area contributed by atoms with Crippen LogP contribution in [0.5, 0.6) is 11.6 Å². The highest BCUT2D eigenvalue weighted by Crippen LogP contribution is 2.30. The maximum atomic E-state index is 6.05. The molecule has 0 radical (unpaired) electrons. The second-order valence-electron chi connectivity index (χ2n) is 5.21. The van der Waals surface area contributed by atoms with Crippen molar-refractivity contribution in [2.45, 2.75) is 20.4 Å². The fraction of sp³-hybridized carbons (Fsp3) is 0.312. The van der Waals surface area contributed by atoms with Gasteiger partial charge in [0.05, 0.1) is 5.02 Å². The van der Waals surface area contributed by atoms with E-state index in [1.165, 1.54) is 0 Å². The van der Waals surface area contributed by atoms with Gasteiger partial charge < -0.3 is 10.1 Å². The summed E-state index contributed by atoms with van der Waals surface area (Å²) in [4.78, 5) is 4.28. The number of benzene rings is 1. The first kappa shape index (κ1) is 16.1. The molecule has 112 valence electrons. The molecule has 1 N–H and O–H groups in total. The van der Waals surface area contributed by atoms with E-state index in [4.69, 9.17) is 27.9 Å². The minimum absolute atomic E-state index is 0.492. The summed E-state index contributed by atoms with van der Waals surface area (Å²) in [6.45, 7) is 6.13. The van der Waals surface area contributed by atoms with Crippen LogP contribution >= 0.6 is 23.2 Å². The number of hydrogen-bond donors (Lipinski definition) is 1. The molecule has 3 nitrogen and oxygen atoms in total. The summed E-state index contributed by atoms with van der Waals surface area (Å²) in [6, 6.07) is 8.89. The third-order valence-electron chi connectivity index (χ3n) is 2.79. The van der Waals surface area contributed by atoms with E-state index in [0.717, 1.165) is 18.7 Å². The number of nitrogens with zero attached hydrogens (tertiary/aromatic N) is 1. The van der Waals surface area contributed by atoms with Gasteiger partial charge in [0, 0.05) is 29.9 Å². The van der Waals surface area contributed by atoms with Crippen molar-refractivity contribution in [1.29, 1.82) is 0 Å². The van der Waals surface area contributed by atoms with E-state index in [9.17, 15) is 0 Å². The van der Waals surface area contributed by atoms with Crippen molar-refractivity contribution in [3.8, 4) is 11.6 Å². The lowest BCUT2D eigenvalue weighted by Crippen LogP contribution is -2.18. The average molecular weight is 325 g/mol. The van der Waals surface area contributed by atoms with Crippen LogP contribution in [0.15, 0.2) is 36.5 Å². The molecule has 1 aromatic carbocycles. The lowest BCUT2D eigenvalue weighted by molar-refractivity contribution is 0.462. The summed E-state index contributed by atoms with van der Waals surface area (Å²) < 4.78 is 5.64. The monoisotopic (exact) mass is 324 g/mol. The number of pyridine rings is 1. The van der Waals surface area contributed by atoms with Crippen LogP contribution in [0.25, 0.3) is 0 Å². The zero-order valence-corrected chi connectivity index (χ0v) is 13.6. The van der Waals surface area contributed by atoms with Crippen molar-refractivity contribution < 1.29 is 4.74 Å². The molecule has 1 heterocycles. The summed E-state index contributed by atoms with van der Waals surface area (Å²) in [7, 11) is 0. The van der Waals surface area contributed by atoms with E-state index >= 15 is 0 Å². The predicted molar refractivity (Wildman–Crippen MR) is 87.3 cm³/mol. The highest BCUT2D eigenvalue weighted by atomic mass is 35.5. The molecule has 21 heavy (non-hydrogen) atoms. The summed E-state index contributed by atoms with van der Waals surface area (Å²) in [5.41, 5.74) is 1.11. The largest absolute Gasteiger partial charge is 0.437 e. The van der Waals surface area contributed by atoms with Gasteiger partial charge in [-0.15, -0.1) is 0 Å². The Hall–Kier alpha value is -1.29. The van der Waals surface area contributed by atoms with Crippen LogP contribution in [0.4, 0.5) is 0 Å². The molecule has 0 amide bonds. The van der Waals surface area contributed by atoms with Gasteiger partial charge in [-0.1, -0.05) is 43.1 Å². The van der Waals surface area contributed by atoms with Gasteiger partial charge in [0.15, 0.2) is 0 Å². The molecular weight excluding hydrogens is 307 g/mol. The zero-order valence-electron chi connectivity index (χ0n) is 12.1. The fourth-order valence-corrected chi connectivity index (χ4v) is 2.07. The van der Waals surface area contributed by atoms with Gasteiger partial charge in [0.1, 0.15) is 5.75 Å². The number of halogens is 2.